The van der Waals surface area contributed by atoms with Gasteiger partial charge in [-0.05, 0) is 56.4 Å². The van der Waals surface area contributed by atoms with Crippen molar-refractivity contribution in [2.24, 2.45) is 0 Å². The highest BCUT2D eigenvalue weighted by atomic mass is 35.5. The Balaban J connectivity index is 2.24. The van der Waals surface area contributed by atoms with Crippen LogP contribution in [0.2, 0.25) is 5.02 Å². The third-order valence-corrected chi connectivity index (χ3v) is 7.30. The highest BCUT2D eigenvalue weighted by molar-refractivity contribution is 7.92. The molecule has 2 rings (SSSR count). The van der Waals surface area contributed by atoms with E-state index in [2.05, 4.69) is 9.44 Å². The number of alkyl halides is 3. The van der Waals surface area contributed by atoms with E-state index >= 15 is 0 Å². The van der Waals surface area contributed by atoms with Gasteiger partial charge in [0, 0.05) is 5.69 Å². The first-order valence-corrected chi connectivity index (χ1v) is 11.8. The van der Waals surface area contributed by atoms with E-state index in [0.29, 0.717) is 0 Å². The van der Waals surface area contributed by atoms with E-state index in [1.807, 2.05) is 0 Å². The molecule has 0 radical (unpaired) electrons. The fraction of sp³-hybridized carbons (Fsp3) is 0.235. The second kappa shape index (κ2) is 8.86. The Labute approximate surface area is 186 Å². The van der Waals surface area contributed by atoms with Gasteiger partial charge in [-0.3, -0.25) is 9.52 Å². The van der Waals surface area contributed by atoms with E-state index in [1.54, 1.807) is 5.32 Å². The number of halogens is 4. The van der Waals surface area contributed by atoms with Crippen LogP contribution in [0.1, 0.15) is 6.92 Å². The van der Waals surface area contributed by atoms with Crippen LogP contribution < -0.4 is 14.8 Å². The third kappa shape index (κ3) is 5.50. The minimum atomic E-state index is -5.25. The highest BCUT2D eigenvalue weighted by Crippen LogP contribution is 2.33. The van der Waals surface area contributed by atoms with Gasteiger partial charge in [0.1, 0.15) is 0 Å². The van der Waals surface area contributed by atoms with E-state index in [4.69, 9.17) is 11.6 Å². The van der Waals surface area contributed by atoms with Crippen LogP contribution in [0.15, 0.2) is 52.3 Å². The molecule has 1 unspecified atom stereocenters. The summed E-state index contributed by atoms with van der Waals surface area (Å²) in [5.41, 5.74) is -4.04. The van der Waals surface area contributed by atoms with Crippen molar-refractivity contribution in [2.75, 3.05) is 17.1 Å². The molecule has 0 spiro atoms. The second-order valence-corrected chi connectivity index (χ2v) is 10.5. The molecule has 2 aromatic rings. The number of rotatable bonds is 7. The van der Waals surface area contributed by atoms with Crippen LogP contribution in [0.5, 0.6) is 0 Å². The third-order valence-electron chi connectivity index (χ3n) is 4.18. The first-order valence-electron chi connectivity index (χ1n) is 8.48. The molecule has 0 heterocycles. The minimum Gasteiger partial charge on any atom is -0.373 e. The molecule has 0 saturated carbocycles. The molecule has 4 N–H and O–H groups in total. The fourth-order valence-corrected chi connectivity index (χ4v) is 4.28. The Morgan fingerprint density at radius 2 is 1.50 bits per heavy atom. The maximum atomic E-state index is 12.8. The van der Waals surface area contributed by atoms with Crippen LogP contribution in [-0.2, 0) is 24.8 Å². The van der Waals surface area contributed by atoms with E-state index < -0.39 is 47.6 Å². The first-order chi connectivity index (χ1) is 14.5. The lowest BCUT2D eigenvalue weighted by molar-refractivity contribution is -0.242. The molecule has 32 heavy (non-hydrogen) atoms. The lowest BCUT2D eigenvalue weighted by atomic mass is 10.1. The zero-order valence-electron chi connectivity index (χ0n) is 16.4. The molecule has 0 bridgehead atoms. The summed E-state index contributed by atoms with van der Waals surface area (Å²) in [5.74, 6) is -1.81. The standard InChI is InChI=1S/C17H17ClF3N3O6S2/c1-16(26,17(19,20)21)15(25)23-14-8-7-12(9-13(14)18)32(29,30)24-10-3-5-11(6-4-10)31(27,28)22-2/h3-9,22,24,26H,1-2H3,(H,23,25). The van der Waals surface area contributed by atoms with Crippen LogP contribution in [-0.4, -0.2) is 46.7 Å². The summed E-state index contributed by atoms with van der Waals surface area (Å²) in [5, 5.41) is 10.8. The van der Waals surface area contributed by atoms with Gasteiger partial charge in [-0.2, -0.15) is 13.2 Å². The molecule has 0 aliphatic carbocycles. The molecule has 9 nitrogen and oxygen atoms in total. The molecule has 0 aromatic heterocycles. The highest BCUT2D eigenvalue weighted by Gasteiger charge is 2.55. The number of hydrogen-bond donors (Lipinski definition) is 4. The van der Waals surface area contributed by atoms with Gasteiger partial charge in [0.05, 0.1) is 20.5 Å². The van der Waals surface area contributed by atoms with Crippen molar-refractivity contribution in [3.05, 3.63) is 47.5 Å². The molecule has 0 aliphatic heterocycles. The number of carbonyl (C=O) groups excluding carboxylic acids is 1. The zero-order valence-corrected chi connectivity index (χ0v) is 18.7. The SMILES string of the molecule is CNS(=O)(=O)c1ccc(NS(=O)(=O)c2ccc(NC(=O)C(C)(O)C(F)(F)F)c(Cl)c2)cc1. The number of amides is 1. The predicted octanol–water partition coefficient (Wildman–Crippen LogP) is 2.30. The van der Waals surface area contributed by atoms with Crippen molar-refractivity contribution in [3.8, 4) is 0 Å². The molecule has 0 saturated heterocycles. The summed E-state index contributed by atoms with van der Waals surface area (Å²) in [7, 11) is -6.73. The minimum absolute atomic E-state index is 0.0229. The van der Waals surface area contributed by atoms with E-state index in [9.17, 15) is 39.9 Å². The molecular formula is C17H17ClF3N3O6S2. The molecule has 0 aliphatic rings. The predicted molar refractivity (Wildman–Crippen MR) is 110 cm³/mol. The van der Waals surface area contributed by atoms with Gasteiger partial charge < -0.3 is 10.4 Å². The van der Waals surface area contributed by atoms with Crippen LogP contribution >= 0.6 is 11.6 Å². The Kier molecular flexibility index (Phi) is 7.16. The second-order valence-electron chi connectivity index (χ2n) is 6.50. The average molecular weight is 516 g/mol. The quantitative estimate of drug-likeness (QED) is 0.446. The maximum absolute atomic E-state index is 12.8. The molecule has 176 valence electrons. The van der Waals surface area contributed by atoms with Crippen molar-refractivity contribution >= 4 is 48.9 Å². The fourth-order valence-electron chi connectivity index (χ4n) is 2.17. The average Bonchev–Trinajstić information content (AvgIpc) is 2.68. The van der Waals surface area contributed by atoms with Crippen LogP contribution in [0.3, 0.4) is 0 Å². The number of anilines is 2. The Morgan fingerprint density at radius 1 is 0.969 bits per heavy atom. The lowest BCUT2D eigenvalue weighted by Gasteiger charge is -2.25. The topological polar surface area (TPSA) is 142 Å². The van der Waals surface area contributed by atoms with Crippen LogP contribution in [0.4, 0.5) is 24.5 Å². The summed E-state index contributed by atoms with van der Waals surface area (Å²) in [6.07, 6.45) is -5.25. The number of hydrogen-bond acceptors (Lipinski definition) is 6. The van der Waals surface area contributed by atoms with Gasteiger partial charge in [0.2, 0.25) is 15.6 Å². The summed E-state index contributed by atoms with van der Waals surface area (Å²) in [4.78, 5) is 11.3. The van der Waals surface area contributed by atoms with Gasteiger partial charge >= 0.3 is 6.18 Å². The molecule has 2 aromatic carbocycles. The Hall–Kier alpha value is -2.39. The van der Waals surface area contributed by atoms with Crippen LogP contribution in [0.25, 0.3) is 0 Å². The lowest BCUT2D eigenvalue weighted by Crippen LogP contribution is -2.52. The number of benzene rings is 2. The monoisotopic (exact) mass is 515 g/mol. The largest absolute Gasteiger partial charge is 0.426 e. The van der Waals surface area contributed by atoms with Crippen molar-refractivity contribution in [3.63, 3.8) is 0 Å². The van der Waals surface area contributed by atoms with E-state index in [1.165, 1.54) is 31.3 Å². The molecule has 1 amide bonds. The number of aliphatic hydroxyl groups is 1. The number of nitrogens with one attached hydrogen (secondary N) is 3. The zero-order chi connectivity index (χ0) is 24.5. The molecule has 0 fully saturated rings. The summed E-state index contributed by atoms with van der Waals surface area (Å²) in [6.45, 7) is 0.256. The van der Waals surface area contributed by atoms with E-state index in [0.717, 1.165) is 18.2 Å². The summed E-state index contributed by atoms with van der Waals surface area (Å²) < 4.78 is 91.1. The molecular weight excluding hydrogens is 499 g/mol. The number of sulfonamides is 2. The summed E-state index contributed by atoms with van der Waals surface area (Å²) in [6, 6.07) is 7.54. The van der Waals surface area contributed by atoms with Crippen molar-refractivity contribution < 1.29 is 39.9 Å². The van der Waals surface area contributed by atoms with Crippen molar-refractivity contribution in [1.82, 2.24) is 4.72 Å². The van der Waals surface area contributed by atoms with E-state index in [-0.39, 0.29) is 23.2 Å². The number of carbonyl (C=O) groups is 1. The molecule has 15 heteroatoms. The Morgan fingerprint density at radius 3 is 1.97 bits per heavy atom. The Bertz CT molecular complexity index is 1230. The maximum Gasteiger partial charge on any atom is 0.426 e. The van der Waals surface area contributed by atoms with Gasteiger partial charge in [-0.25, -0.2) is 21.6 Å². The first kappa shape index (κ1) is 25.9. The molecule has 1 atom stereocenters. The smallest absolute Gasteiger partial charge is 0.373 e. The van der Waals surface area contributed by atoms with Gasteiger partial charge in [-0.15, -0.1) is 0 Å². The van der Waals surface area contributed by atoms with Crippen molar-refractivity contribution in [1.29, 1.82) is 0 Å². The van der Waals surface area contributed by atoms with Crippen molar-refractivity contribution in [2.45, 2.75) is 28.5 Å². The summed E-state index contributed by atoms with van der Waals surface area (Å²) >= 11 is 5.89. The van der Waals surface area contributed by atoms with Crippen LogP contribution in [0, 0.1) is 0 Å². The van der Waals surface area contributed by atoms with Gasteiger partial charge in [-0.1, -0.05) is 11.6 Å². The van der Waals surface area contributed by atoms with Gasteiger partial charge in [0.15, 0.2) is 0 Å². The van der Waals surface area contributed by atoms with Gasteiger partial charge in [0.25, 0.3) is 15.9 Å². The normalized spacial score (nSPS) is 14.5.